The summed E-state index contributed by atoms with van der Waals surface area (Å²) in [6.07, 6.45) is 0.401. The lowest BCUT2D eigenvalue weighted by atomic mass is 10.1. The van der Waals surface area contributed by atoms with Crippen LogP contribution in [-0.2, 0) is 33.9 Å². The first-order chi connectivity index (χ1) is 13.6. The zero-order valence-corrected chi connectivity index (χ0v) is 18.6. The molecule has 1 unspecified atom stereocenters. The van der Waals surface area contributed by atoms with Crippen LogP contribution in [0, 0.1) is 5.92 Å². The van der Waals surface area contributed by atoms with E-state index in [1.807, 2.05) is 13.8 Å². The van der Waals surface area contributed by atoms with E-state index in [0.717, 1.165) is 0 Å². The first-order valence-electron chi connectivity index (χ1n) is 9.79. The van der Waals surface area contributed by atoms with Gasteiger partial charge in [-0.1, -0.05) is 27.7 Å². The van der Waals surface area contributed by atoms with Crippen LogP contribution < -0.4 is 10.6 Å². The fraction of sp³-hybridized carbons (Fsp3) is 0.889. The number of carbonyl (C=O) groups is 2. The third-order valence-electron chi connectivity index (χ3n) is 3.79. The molecular formula is C18H36N2O8S. The highest BCUT2D eigenvalue weighted by atomic mass is 32.2. The molecule has 0 aliphatic carbocycles. The highest BCUT2D eigenvalue weighted by Crippen LogP contribution is 1.99. The van der Waals surface area contributed by atoms with E-state index in [4.69, 9.17) is 14.2 Å². The van der Waals surface area contributed by atoms with Crippen LogP contribution in [0.5, 0.6) is 0 Å². The molecule has 172 valence electrons. The molecular weight excluding hydrogens is 404 g/mol. The van der Waals surface area contributed by atoms with Crippen molar-refractivity contribution >= 4 is 21.8 Å². The Bertz CT molecular complexity index is 566. The second kappa shape index (κ2) is 15.7. The Morgan fingerprint density at radius 3 is 1.90 bits per heavy atom. The fourth-order valence-electron chi connectivity index (χ4n) is 2.04. The molecule has 0 aliphatic heterocycles. The average Bonchev–Trinajstić information content (AvgIpc) is 2.60. The molecule has 3 N–H and O–H groups in total. The van der Waals surface area contributed by atoms with E-state index >= 15 is 0 Å². The molecule has 0 rings (SSSR count). The average molecular weight is 441 g/mol. The summed E-state index contributed by atoms with van der Waals surface area (Å²) in [6.45, 7) is 9.23. The highest BCUT2D eigenvalue weighted by molar-refractivity contribution is 7.87. The lowest BCUT2D eigenvalue weighted by Crippen LogP contribution is -2.47. The van der Waals surface area contributed by atoms with Gasteiger partial charge in [-0.05, 0) is 0 Å². The summed E-state index contributed by atoms with van der Waals surface area (Å²) in [5.74, 6) is -0.591. The van der Waals surface area contributed by atoms with E-state index in [-0.39, 0.29) is 37.4 Å². The molecule has 0 spiro atoms. The topological polar surface area (TPSA) is 140 Å². The molecule has 11 heteroatoms. The van der Waals surface area contributed by atoms with Gasteiger partial charge in [-0.25, -0.2) is 0 Å². The van der Waals surface area contributed by atoms with Crippen LogP contribution in [0.4, 0.5) is 0 Å². The number of Topliss-reactive ketones (excluding diaryl/α,β-unsaturated/α-hetero) is 1. The lowest BCUT2D eigenvalue weighted by Gasteiger charge is -2.16. The molecule has 0 saturated heterocycles. The third kappa shape index (κ3) is 15.4. The summed E-state index contributed by atoms with van der Waals surface area (Å²) in [5.41, 5.74) is 0. The SMILES string of the molecule is CC(C)NCC(C(=O)NCCOCCOCCOCCC(=O)C(C)C)S(=O)(=O)O. The zero-order valence-electron chi connectivity index (χ0n) is 17.8. The molecule has 0 bridgehead atoms. The summed E-state index contributed by atoms with van der Waals surface area (Å²) in [6, 6.07) is -0.0247. The number of carbonyl (C=O) groups excluding carboxylic acids is 2. The van der Waals surface area contributed by atoms with Crippen molar-refractivity contribution in [2.75, 3.05) is 52.7 Å². The summed E-state index contributed by atoms with van der Waals surface area (Å²) < 4.78 is 47.7. The van der Waals surface area contributed by atoms with Gasteiger partial charge in [0, 0.05) is 31.5 Å². The number of hydrogen-bond acceptors (Lipinski definition) is 8. The summed E-state index contributed by atoms with van der Waals surface area (Å²) in [7, 11) is -4.50. The van der Waals surface area contributed by atoms with Gasteiger partial charge < -0.3 is 24.8 Å². The van der Waals surface area contributed by atoms with Gasteiger partial charge in [0.05, 0.1) is 39.6 Å². The molecule has 0 radical (unpaired) electrons. The number of hydrogen-bond donors (Lipinski definition) is 3. The van der Waals surface area contributed by atoms with Crippen LogP contribution in [0.2, 0.25) is 0 Å². The molecule has 29 heavy (non-hydrogen) atoms. The van der Waals surface area contributed by atoms with Crippen LogP contribution in [0.3, 0.4) is 0 Å². The van der Waals surface area contributed by atoms with Crippen molar-refractivity contribution in [3.05, 3.63) is 0 Å². The Morgan fingerprint density at radius 2 is 1.41 bits per heavy atom. The fourth-order valence-corrected chi connectivity index (χ4v) is 2.70. The van der Waals surface area contributed by atoms with Crippen LogP contribution in [0.1, 0.15) is 34.1 Å². The van der Waals surface area contributed by atoms with Gasteiger partial charge in [0.25, 0.3) is 10.1 Å². The minimum absolute atomic E-state index is 0.0208. The maximum Gasteiger partial charge on any atom is 0.278 e. The van der Waals surface area contributed by atoms with Gasteiger partial charge in [-0.3, -0.25) is 14.1 Å². The predicted octanol–water partition coefficient (Wildman–Crippen LogP) is 0.0220. The Balaban J connectivity index is 3.70. The number of rotatable bonds is 18. The molecule has 0 fully saturated rings. The first-order valence-corrected chi connectivity index (χ1v) is 11.3. The number of amides is 1. The standard InChI is InChI=1S/C18H36N2O8S/c1-14(2)16(21)5-7-26-9-11-28-12-10-27-8-6-19-18(22)17(29(23,24)25)13-20-15(3)4/h14-15,17,20H,5-13H2,1-4H3,(H,19,22)(H,23,24,25). The lowest BCUT2D eigenvalue weighted by molar-refractivity contribution is -0.123. The summed E-state index contributed by atoms with van der Waals surface area (Å²) >= 11 is 0. The van der Waals surface area contributed by atoms with Gasteiger partial charge in [-0.2, -0.15) is 8.42 Å². The van der Waals surface area contributed by atoms with E-state index in [0.29, 0.717) is 39.5 Å². The van der Waals surface area contributed by atoms with Crippen LogP contribution in [-0.4, -0.2) is 88.7 Å². The van der Waals surface area contributed by atoms with E-state index in [1.54, 1.807) is 13.8 Å². The normalized spacial score (nSPS) is 13.1. The van der Waals surface area contributed by atoms with Crippen molar-refractivity contribution in [2.24, 2.45) is 5.92 Å². The molecule has 0 saturated carbocycles. The molecule has 0 aromatic carbocycles. The smallest absolute Gasteiger partial charge is 0.278 e. The maximum absolute atomic E-state index is 11.9. The van der Waals surface area contributed by atoms with E-state index in [1.165, 1.54) is 0 Å². The second-order valence-corrected chi connectivity index (χ2v) is 8.66. The number of nitrogens with one attached hydrogen (secondary N) is 2. The quantitative estimate of drug-likeness (QED) is 0.199. The Morgan fingerprint density at radius 1 is 0.897 bits per heavy atom. The van der Waals surface area contributed by atoms with Crippen molar-refractivity contribution in [3.63, 3.8) is 0 Å². The first kappa shape index (κ1) is 27.9. The molecule has 0 heterocycles. The third-order valence-corrected chi connectivity index (χ3v) is 4.89. The largest absolute Gasteiger partial charge is 0.379 e. The van der Waals surface area contributed by atoms with Crippen molar-refractivity contribution in [3.8, 4) is 0 Å². The summed E-state index contributed by atoms with van der Waals surface area (Å²) in [4.78, 5) is 23.3. The number of ether oxygens (including phenoxy) is 3. The van der Waals surface area contributed by atoms with Crippen molar-refractivity contribution in [1.82, 2.24) is 10.6 Å². The van der Waals surface area contributed by atoms with Gasteiger partial charge in [0.2, 0.25) is 5.91 Å². The maximum atomic E-state index is 11.9. The Hall–Kier alpha value is -1.11. The molecule has 10 nitrogen and oxygen atoms in total. The van der Waals surface area contributed by atoms with Gasteiger partial charge in [0.15, 0.2) is 5.25 Å². The van der Waals surface area contributed by atoms with Gasteiger partial charge in [0.1, 0.15) is 5.78 Å². The number of ketones is 1. The molecule has 0 aromatic rings. The van der Waals surface area contributed by atoms with E-state index in [9.17, 15) is 22.6 Å². The van der Waals surface area contributed by atoms with Crippen molar-refractivity contribution < 1.29 is 36.8 Å². The van der Waals surface area contributed by atoms with Crippen molar-refractivity contribution in [1.29, 1.82) is 0 Å². The molecule has 0 aliphatic rings. The molecule has 0 aromatic heterocycles. The minimum atomic E-state index is -4.50. The monoisotopic (exact) mass is 440 g/mol. The highest BCUT2D eigenvalue weighted by Gasteiger charge is 2.30. The van der Waals surface area contributed by atoms with Gasteiger partial charge in [-0.15, -0.1) is 0 Å². The zero-order chi connectivity index (χ0) is 22.3. The Labute approximate surface area is 173 Å². The van der Waals surface area contributed by atoms with Crippen LogP contribution >= 0.6 is 0 Å². The van der Waals surface area contributed by atoms with E-state index < -0.39 is 21.3 Å². The van der Waals surface area contributed by atoms with Crippen molar-refractivity contribution in [2.45, 2.75) is 45.4 Å². The second-order valence-electron chi connectivity index (χ2n) is 7.07. The molecule has 1 amide bonds. The van der Waals surface area contributed by atoms with E-state index in [2.05, 4.69) is 10.6 Å². The van der Waals surface area contributed by atoms with Crippen LogP contribution in [0.25, 0.3) is 0 Å². The summed E-state index contributed by atoms with van der Waals surface area (Å²) in [5, 5.41) is 3.67. The van der Waals surface area contributed by atoms with Gasteiger partial charge >= 0.3 is 0 Å². The minimum Gasteiger partial charge on any atom is -0.379 e. The predicted molar refractivity (Wildman–Crippen MR) is 108 cm³/mol. The molecule has 1 atom stereocenters. The van der Waals surface area contributed by atoms with Crippen LogP contribution in [0.15, 0.2) is 0 Å². The Kier molecular flexibility index (Phi) is 15.1.